The summed E-state index contributed by atoms with van der Waals surface area (Å²) in [5, 5.41) is 0. The first-order valence-electron chi connectivity index (χ1n) is 13.1. The molecule has 0 saturated carbocycles. The zero-order chi connectivity index (χ0) is 34.4. The summed E-state index contributed by atoms with van der Waals surface area (Å²) in [5.41, 5.74) is -13.3. The molecule has 3 rings (SSSR count). The SMILES string of the molecule is [2H]C1=C(C(F)(F)F)C(N)(c2cc([2H])c([2H])c([2H])c2C(F)(F)F)C([2H])C(C(F)(F)F)=C1c1c([2H])c([2H])c(N)c([2H])c1C(F)(F)F. The Morgan fingerprint density at radius 1 is 0.778 bits per heavy atom. The van der Waals surface area contributed by atoms with Gasteiger partial charge in [0.05, 0.1) is 31.8 Å². The first kappa shape index (κ1) is 18.1. The Bertz CT molecular complexity index is 1620. The van der Waals surface area contributed by atoms with Crippen LogP contribution in [0.3, 0.4) is 0 Å². The molecule has 0 aromatic heterocycles. The second-order valence-electron chi connectivity index (χ2n) is 7.16. The fourth-order valence-electron chi connectivity index (χ4n) is 3.32. The molecule has 0 spiro atoms. The van der Waals surface area contributed by atoms with E-state index in [9.17, 15) is 52.7 Å². The highest BCUT2D eigenvalue weighted by Gasteiger charge is 2.55. The molecule has 1 aliphatic carbocycles. The van der Waals surface area contributed by atoms with Crippen LogP contribution in [0.4, 0.5) is 58.4 Å². The summed E-state index contributed by atoms with van der Waals surface area (Å²) in [6, 6.07) is -13.6. The van der Waals surface area contributed by atoms with Crippen molar-refractivity contribution in [2.45, 2.75) is 36.6 Å². The summed E-state index contributed by atoms with van der Waals surface area (Å²) in [6.45, 7) is 0. The van der Waals surface area contributed by atoms with Crippen molar-refractivity contribution in [2.75, 3.05) is 5.73 Å². The lowest BCUT2D eigenvalue weighted by Crippen LogP contribution is -2.48. The number of hydrogen-bond donors (Lipinski definition) is 2. The first-order chi connectivity index (χ1) is 19.5. The Morgan fingerprint density at radius 2 is 1.36 bits per heavy atom. The third kappa shape index (κ3) is 5.04. The quantitative estimate of drug-likeness (QED) is 0.308. The van der Waals surface area contributed by atoms with E-state index in [4.69, 9.17) is 22.4 Å². The van der Waals surface area contributed by atoms with Crippen LogP contribution in [0, 0.1) is 0 Å². The van der Waals surface area contributed by atoms with Crippen LogP contribution in [0.15, 0.2) is 59.5 Å². The van der Waals surface area contributed by atoms with Gasteiger partial charge in [0.2, 0.25) is 0 Å². The third-order valence-corrected chi connectivity index (χ3v) is 4.73. The van der Waals surface area contributed by atoms with E-state index in [0.717, 1.165) is 0 Å². The molecule has 2 aromatic rings. The number of halogens is 12. The van der Waals surface area contributed by atoms with Gasteiger partial charge in [0.1, 0.15) is 0 Å². The molecule has 14 heteroatoms. The molecule has 0 amide bonds. The van der Waals surface area contributed by atoms with Gasteiger partial charge in [0.15, 0.2) is 0 Å². The van der Waals surface area contributed by atoms with Gasteiger partial charge in [-0.1, -0.05) is 24.2 Å². The molecule has 0 bridgehead atoms. The Hall–Kier alpha value is -3.16. The lowest BCUT2D eigenvalue weighted by atomic mass is 9.70. The molecule has 2 aromatic carbocycles. The fraction of sp³-hybridized carbons (Fsp3) is 0.273. The van der Waals surface area contributed by atoms with Crippen LogP contribution in [0.2, 0.25) is 0 Å². The van der Waals surface area contributed by atoms with Crippen molar-refractivity contribution in [1.29, 1.82) is 0 Å². The molecule has 36 heavy (non-hydrogen) atoms. The fourth-order valence-corrected chi connectivity index (χ4v) is 3.32. The highest BCUT2D eigenvalue weighted by Crippen LogP contribution is 2.54. The van der Waals surface area contributed by atoms with Gasteiger partial charge in [-0.3, -0.25) is 0 Å². The van der Waals surface area contributed by atoms with Crippen LogP contribution < -0.4 is 11.5 Å². The number of nitrogen functional groups attached to an aromatic ring is 1. The van der Waals surface area contributed by atoms with E-state index in [1.54, 1.807) is 0 Å². The summed E-state index contributed by atoms with van der Waals surface area (Å²) >= 11 is 0. The van der Waals surface area contributed by atoms with Crippen LogP contribution >= 0.6 is 0 Å². The average Bonchev–Trinajstić information content (AvgIpc) is 2.82. The second kappa shape index (κ2) is 8.46. The van der Waals surface area contributed by atoms with Crippen molar-refractivity contribution >= 4 is 11.3 Å². The maximum absolute atomic E-state index is 14.6. The van der Waals surface area contributed by atoms with E-state index in [-0.39, 0.29) is 6.07 Å². The predicted octanol–water partition coefficient (Wildman–Crippen LogP) is 7.37. The minimum absolute atomic E-state index is 0.271. The smallest absolute Gasteiger partial charge is 0.399 e. The molecule has 2 unspecified atom stereocenters. The van der Waals surface area contributed by atoms with E-state index in [1.165, 1.54) is 0 Å². The van der Waals surface area contributed by atoms with Gasteiger partial charge in [-0.25, -0.2) is 0 Å². The maximum atomic E-state index is 14.6. The van der Waals surface area contributed by atoms with Gasteiger partial charge in [0.25, 0.3) is 0 Å². The minimum atomic E-state index is -6.32. The van der Waals surface area contributed by atoms with Crippen LogP contribution in [0.1, 0.15) is 39.6 Å². The normalized spacial score (nSPS) is 25.4. The molecule has 0 saturated heterocycles. The molecule has 2 nitrogen and oxygen atoms in total. The van der Waals surface area contributed by atoms with Crippen molar-refractivity contribution in [2.24, 2.45) is 5.73 Å². The summed E-state index contributed by atoms with van der Waals surface area (Å²) in [4.78, 5) is 0. The van der Waals surface area contributed by atoms with Gasteiger partial charge in [-0.15, -0.1) is 0 Å². The topological polar surface area (TPSA) is 52.0 Å². The zero-order valence-electron chi connectivity index (χ0n) is 24.8. The largest absolute Gasteiger partial charge is 0.417 e. The Kier molecular flexibility index (Phi) is 4.26. The van der Waals surface area contributed by atoms with E-state index >= 15 is 0 Å². The van der Waals surface area contributed by atoms with Gasteiger partial charge < -0.3 is 11.5 Å². The molecule has 0 radical (unpaired) electrons. The monoisotopic (exact) mass is 542 g/mol. The maximum Gasteiger partial charge on any atom is 0.417 e. The summed E-state index contributed by atoms with van der Waals surface area (Å²) in [6.07, 6.45) is -28.5. The second-order valence-corrected chi connectivity index (χ2v) is 7.16. The van der Waals surface area contributed by atoms with E-state index in [1.807, 2.05) is 0 Å². The van der Waals surface area contributed by atoms with Crippen molar-refractivity contribution in [3.8, 4) is 0 Å². The summed E-state index contributed by atoms with van der Waals surface area (Å²) in [5.74, 6) is 0. The van der Waals surface area contributed by atoms with E-state index in [0.29, 0.717) is 0 Å². The summed E-state index contributed by atoms with van der Waals surface area (Å²) in [7, 11) is 0. The Balaban J connectivity index is 2.79. The third-order valence-electron chi connectivity index (χ3n) is 4.73. The Morgan fingerprint density at radius 3 is 1.86 bits per heavy atom. The van der Waals surface area contributed by atoms with E-state index < -0.39 is 124 Å². The number of hydrogen-bond acceptors (Lipinski definition) is 2. The number of alkyl halides is 12. The number of allylic oxidation sites excluding steroid dienone is 2. The van der Waals surface area contributed by atoms with Crippen LogP contribution in [-0.2, 0) is 17.9 Å². The molecule has 4 N–H and O–H groups in total. The van der Waals surface area contributed by atoms with Crippen LogP contribution in [0.5, 0.6) is 0 Å². The lowest BCUT2D eigenvalue weighted by molar-refractivity contribution is -0.140. The number of rotatable bonds is 2. The standard InChI is InChI=1S/C22H14F12N2/c23-19(24,25)14-4-2-1-3-13(14)18(36)9-16(21(29,30)31)12(8-17(18)22(32,33)34)11-6-5-10(35)7-15(11)20(26,27)28/h1-8H,9,35-36H2/i1D,2D,4D,5D,6D,7D,8D,9D. The van der Waals surface area contributed by atoms with Crippen molar-refractivity contribution < 1.29 is 63.7 Å². The molecule has 0 heterocycles. The average molecular weight is 542 g/mol. The molecule has 2 atom stereocenters. The molecular formula is C22H14F12N2. The Labute approximate surface area is 206 Å². The van der Waals surface area contributed by atoms with Gasteiger partial charge in [-0.2, -0.15) is 52.7 Å². The number of benzene rings is 2. The molecular weight excluding hydrogens is 520 g/mol. The van der Waals surface area contributed by atoms with Gasteiger partial charge >= 0.3 is 24.7 Å². The van der Waals surface area contributed by atoms with Crippen molar-refractivity contribution in [3.63, 3.8) is 0 Å². The first-order valence-corrected chi connectivity index (χ1v) is 9.00. The van der Waals surface area contributed by atoms with Crippen molar-refractivity contribution in [3.05, 3.63) is 81.8 Å². The molecule has 0 fully saturated rings. The van der Waals surface area contributed by atoms with Gasteiger partial charge in [-0.05, 0) is 40.9 Å². The predicted molar refractivity (Wildman–Crippen MR) is 105 cm³/mol. The molecule has 0 aliphatic heterocycles. The zero-order valence-corrected chi connectivity index (χ0v) is 16.8. The van der Waals surface area contributed by atoms with Gasteiger partial charge in [0, 0.05) is 19.0 Å². The molecule has 196 valence electrons. The highest BCUT2D eigenvalue weighted by molar-refractivity contribution is 5.83. The number of anilines is 1. The molecule has 1 aliphatic rings. The summed E-state index contributed by atoms with van der Waals surface area (Å²) < 4.78 is 234. The minimum Gasteiger partial charge on any atom is -0.399 e. The van der Waals surface area contributed by atoms with E-state index in [2.05, 4.69) is 0 Å². The van der Waals surface area contributed by atoms with Crippen molar-refractivity contribution in [1.82, 2.24) is 0 Å². The van der Waals surface area contributed by atoms with Crippen LogP contribution in [-0.4, -0.2) is 12.4 Å². The van der Waals surface area contributed by atoms with Crippen LogP contribution in [0.25, 0.3) is 5.57 Å². The number of nitrogens with two attached hydrogens (primary N) is 2. The highest BCUT2D eigenvalue weighted by atomic mass is 19.4. The lowest BCUT2D eigenvalue weighted by Gasteiger charge is -2.40.